The van der Waals surface area contributed by atoms with Crippen molar-refractivity contribution in [1.82, 2.24) is 0 Å². The van der Waals surface area contributed by atoms with Gasteiger partial charge in [-0.05, 0) is 43.4 Å². The lowest BCUT2D eigenvalue weighted by Gasteiger charge is -2.35. The number of benzene rings is 1. The Labute approximate surface area is 126 Å². The molecule has 0 aliphatic carbocycles. The largest absolute Gasteiger partial charge is 0.453 e. The van der Waals surface area contributed by atoms with E-state index in [1.54, 1.807) is 18.2 Å². The summed E-state index contributed by atoms with van der Waals surface area (Å²) in [5.74, 6) is 1.45. The van der Waals surface area contributed by atoms with E-state index in [9.17, 15) is 0 Å². The van der Waals surface area contributed by atoms with Gasteiger partial charge in [0.1, 0.15) is 5.76 Å². The molecule has 0 fully saturated rings. The first kappa shape index (κ1) is 14.7. The number of rotatable bonds is 4. The fraction of sp³-hybridized carbons (Fsp3) is 0.0526. The van der Waals surface area contributed by atoms with Gasteiger partial charge in [-0.1, -0.05) is 44.0 Å². The van der Waals surface area contributed by atoms with Crippen molar-refractivity contribution in [2.24, 2.45) is 0 Å². The molecule has 21 heavy (non-hydrogen) atoms. The van der Waals surface area contributed by atoms with Crippen LogP contribution < -0.4 is 4.90 Å². The smallest absolute Gasteiger partial charge is 0.150 e. The molecule has 106 valence electrons. The number of hydrogen-bond acceptors (Lipinski definition) is 2. The van der Waals surface area contributed by atoms with Crippen molar-refractivity contribution in [2.45, 2.75) is 6.92 Å². The topological polar surface area (TPSA) is 12.5 Å². The maximum absolute atomic E-state index is 5.90. The first-order valence-electron chi connectivity index (χ1n) is 6.78. The van der Waals surface area contributed by atoms with Crippen molar-refractivity contribution < 1.29 is 4.74 Å². The van der Waals surface area contributed by atoms with Crippen LogP contribution in [0.15, 0.2) is 103 Å². The molecule has 0 radical (unpaired) electrons. The van der Waals surface area contributed by atoms with E-state index in [1.165, 1.54) is 0 Å². The third kappa shape index (κ3) is 2.75. The summed E-state index contributed by atoms with van der Waals surface area (Å²) in [4.78, 5) is 2.09. The monoisotopic (exact) mass is 277 g/mol. The number of anilines is 1. The Kier molecular flexibility index (Phi) is 4.62. The van der Waals surface area contributed by atoms with Crippen molar-refractivity contribution in [3.63, 3.8) is 0 Å². The van der Waals surface area contributed by atoms with Gasteiger partial charge in [-0.25, -0.2) is 0 Å². The summed E-state index contributed by atoms with van der Waals surface area (Å²) in [7, 11) is 0. The maximum Gasteiger partial charge on any atom is 0.150 e. The predicted molar refractivity (Wildman–Crippen MR) is 89.5 cm³/mol. The second kappa shape index (κ2) is 6.62. The molecule has 2 nitrogen and oxygen atoms in total. The first-order valence-corrected chi connectivity index (χ1v) is 6.78. The van der Waals surface area contributed by atoms with E-state index in [0.29, 0.717) is 5.76 Å². The van der Waals surface area contributed by atoms with Gasteiger partial charge in [-0.2, -0.15) is 0 Å². The van der Waals surface area contributed by atoms with Gasteiger partial charge >= 0.3 is 0 Å². The molecule has 0 spiro atoms. The van der Waals surface area contributed by atoms with E-state index in [2.05, 4.69) is 24.6 Å². The molecule has 1 aliphatic heterocycles. The number of para-hydroxylation sites is 1. The van der Waals surface area contributed by atoms with Crippen LogP contribution in [0.5, 0.6) is 0 Å². The lowest BCUT2D eigenvalue weighted by atomic mass is 10.1. The Morgan fingerprint density at radius 1 is 1.05 bits per heavy atom. The lowest BCUT2D eigenvalue weighted by Crippen LogP contribution is -2.28. The number of hydrogen-bond donors (Lipinski definition) is 0. The molecule has 0 N–H and O–H groups in total. The predicted octanol–water partition coefficient (Wildman–Crippen LogP) is 5.08. The van der Waals surface area contributed by atoms with Crippen molar-refractivity contribution in [3.05, 3.63) is 103 Å². The van der Waals surface area contributed by atoms with Crippen LogP contribution in [0.4, 0.5) is 5.69 Å². The first-order chi connectivity index (χ1) is 10.3. The SMILES string of the molecule is C=C/C=C1\C(=C/C)OC(C=C)=C(C=C)N1c1ccccc1. The van der Waals surface area contributed by atoms with Crippen LogP contribution in [0.3, 0.4) is 0 Å². The molecule has 1 aromatic carbocycles. The molecule has 2 rings (SSSR count). The Hall–Kier alpha value is -2.74. The summed E-state index contributed by atoms with van der Waals surface area (Å²) in [5, 5.41) is 0. The van der Waals surface area contributed by atoms with E-state index in [0.717, 1.165) is 22.8 Å². The van der Waals surface area contributed by atoms with Gasteiger partial charge in [0.2, 0.25) is 0 Å². The number of ether oxygens (including phenoxy) is 1. The van der Waals surface area contributed by atoms with Crippen LogP contribution >= 0.6 is 0 Å². The highest BCUT2D eigenvalue weighted by Crippen LogP contribution is 2.36. The summed E-state index contributed by atoms with van der Waals surface area (Å²) in [6.07, 6.45) is 9.06. The minimum atomic E-state index is 0.683. The van der Waals surface area contributed by atoms with Gasteiger partial charge < -0.3 is 9.64 Å². The van der Waals surface area contributed by atoms with Gasteiger partial charge in [-0.15, -0.1) is 0 Å². The third-order valence-corrected chi connectivity index (χ3v) is 3.14. The van der Waals surface area contributed by atoms with Crippen LogP contribution in [0.1, 0.15) is 6.92 Å². The molecule has 1 aromatic rings. The minimum absolute atomic E-state index is 0.683. The molecule has 0 saturated heterocycles. The van der Waals surface area contributed by atoms with E-state index in [-0.39, 0.29) is 0 Å². The zero-order valence-electron chi connectivity index (χ0n) is 12.3. The average Bonchev–Trinajstić information content (AvgIpc) is 2.55. The molecule has 1 heterocycles. The normalized spacial score (nSPS) is 18.6. The Morgan fingerprint density at radius 3 is 2.29 bits per heavy atom. The highest BCUT2D eigenvalue weighted by molar-refractivity contribution is 5.67. The number of nitrogens with zero attached hydrogens (tertiary/aromatic N) is 1. The lowest BCUT2D eigenvalue weighted by molar-refractivity contribution is 0.312. The molecular formula is C19H19NO. The van der Waals surface area contributed by atoms with Crippen molar-refractivity contribution in [1.29, 1.82) is 0 Å². The zero-order chi connectivity index (χ0) is 15.2. The highest BCUT2D eigenvalue weighted by atomic mass is 16.5. The summed E-state index contributed by atoms with van der Waals surface area (Å²) in [5.41, 5.74) is 2.80. The van der Waals surface area contributed by atoms with E-state index in [4.69, 9.17) is 4.74 Å². The second-order valence-corrected chi connectivity index (χ2v) is 4.37. The maximum atomic E-state index is 5.90. The van der Waals surface area contributed by atoms with E-state index >= 15 is 0 Å². The quantitative estimate of drug-likeness (QED) is 0.761. The van der Waals surface area contributed by atoms with Gasteiger partial charge in [-0.3, -0.25) is 0 Å². The van der Waals surface area contributed by atoms with Crippen LogP contribution in [0.25, 0.3) is 0 Å². The number of allylic oxidation sites excluding steroid dienone is 5. The molecule has 0 saturated carbocycles. The van der Waals surface area contributed by atoms with Gasteiger partial charge in [0, 0.05) is 5.69 Å². The highest BCUT2D eigenvalue weighted by Gasteiger charge is 2.27. The van der Waals surface area contributed by atoms with E-state index in [1.807, 2.05) is 49.4 Å². The Balaban J connectivity index is 2.72. The van der Waals surface area contributed by atoms with Crippen molar-refractivity contribution in [2.75, 3.05) is 4.90 Å². The van der Waals surface area contributed by atoms with Crippen molar-refractivity contribution in [3.8, 4) is 0 Å². The summed E-state index contributed by atoms with van der Waals surface area (Å²) in [6.45, 7) is 13.5. The molecule has 2 heteroatoms. The summed E-state index contributed by atoms with van der Waals surface area (Å²) < 4.78 is 5.90. The average molecular weight is 277 g/mol. The standard InChI is InChI=1S/C19H19NO/c1-5-12-17-19(8-4)21-18(7-3)16(6-2)20(17)15-13-10-9-11-14-15/h5-14H,1-3H2,4H3/b17-12+,19-8+. The molecular weight excluding hydrogens is 258 g/mol. The second-order valence-electron chi connectivity index (χ2n) is 4.37. The summed E-state index contributed by atoms with van der Waals surface area (Å²) in [6, 6.07) is 10.1. The van der Waals surface area contributed by atoms with Crippen LogP contribution in [0, 0.1) is 0 Å². The molecule has 0 unspecified atom stereocenters. The Bertz CT molecular complexity index is 647. The molecule has 0 amide bonds. The van der Waals surface area contributed by atoms with Crippen LogP contribution in [0.2, 0.25) is 0 Å². The van der Waals surface area contributed by atoms with E-state index < -0.39 is 0 Å². The van der Waals surface area contributed by atoms with Gasteiger partial charge in [0.05, 0.1) is 11.4 Å². The van der Waals surface area contributed by atoms with Gasteiger partial charge in [0.15, 0.2) is 5.76 Å². The fourth-order valence-electron chi connectivity index (χ4n) is 2.24. The summed E-state index contributed by atoms with van der Waals surface area (Å²) >= 11 is 0. The van der Waals surface area contributed by atoms with Crippen LogP contribution in [-0.2, 0) is 4.74 Å². The minimum Gasteiger partial charge on any atom is -0.453 e. The zero-order valence-corrected chi connectivity index (χ0v) is 12.3. The molecule has 1 aliphatic rings. The van der Waals surface area contributed by atoms with Gasteiger partial charge in [0.25, 0.3) is 0 Å². The van der Waals surface area contributed by atoms with Crippen molar-refractivity contribution >= 4 is 5.69 Å². The fourth-order valence-corrected chi connectivity index (χ4v) is 2.24. The molecule has 0 aromatic heterocycles. The van der Waals surface area contributed by atoms with Crippen LogP contribution in [-0.4, -0.2) is 0 Å². The molecule has 0 atom stereocenters. The molecule has 0 bridgehead atoms. The third-order valence-electron chi connectivity index (χ3n) is 3.14. The Morgan fingerprint density at radius 2 is 1.76 bits per heavy atom.